The van der Waals surface area contributed by atoms with E-state index in [0.717, 1.165) is 16.8 Å². The van der Waals surface area contributed by atoms with Gasteiger partial charge in [-0.1, -0.05) is 6.07 Å². The molecular weight excluding hydrogens is 403 g/mol. The fourth-order valence-corrected chi connectivity index (χ4v) is 5.40. The van der Waals surface area contributed by atoms with Crippen molar-refractivity contribution >= 4 is 7.60 Å². The standard InChI is InChI=1S/C22H33N2O5P/c1-15(2)28-30(26,29-16(3)4)14-24(6)13-18-9-8-10-23-21(18)19-11-17(5)22(25)20(12-19)27-7/h8-12,15-16,25H,13-14H2,1-7H3. The van der Waals surface area contributed by atoms with Gasteiger partial charge in [-0.25, -0.2) is 0 Å². The Morgan fingerprint density at radius 1 is 1.17 bits per heavy atom. The Labute approximate surface area is 179 Å². The Bertz CT molecular complexity index is 887. The second-order valence-electron chi connectivity index (χ2n) is 7.93. The highest BCUT2D eigenvalue weighted by Crippen LogP contribution is 2.51. The molecule has 0 aliphatic carbocycles. The monoisotopic (exact) mass is 436 g/mol. The van der Waals surface area contributed by atoms with Crippen LogP contribution in [0.5, 0.6) is 11.5 Å². The second kappa shape index (κ2) is 10.4. The molecule has 30 heavy (non-hydrogen) atoms. The first-order valence-electron chi connectivity index (χ1n) is 10.0. The third-order valence-corrected chi connectivity index (χ3v) is 6.56. The molecule has 166 valence electrons. The van der Waals surface area contributed by atoms with Crippen LogP contribution in [0.2, 0.25) is 0 Å². The van der Waals surface area contributed by atoms with Crippen molar-refractivity contribution in [2.45, 2.75) is 53.4 Å². The fraction of sp³-hybridized carbons (Fsp3) is 0.500. The molecule has 2 aromatic rings. The Balaban J connectivity index is 2.30. The summed E-state index contributed by atoms with van der Waals surface area (Å²) in [4.78, 5) is 6.46. The number of hydrogen-bond donors (Lipinski definition) is 1. The van der Waals surface area contributed by atoms with Crippen molar-refractivity contribution in [2.75, 3.05) is 20.4 Å². The molecule has 2 rings (SSSR count). The normalized spacial score (nSPS) is 12.2. The number of benzene rings is 1. The van der Waals surface area contributed by atoms with E-state index in [2.05, 4.69) is 4.98 Å². The molecule has 1 N–H and O–H groups in total. The lowest BCUT2D eigenvalue weighted by Crippen LogP contribution is -2.23. The fourth-order valence-electron chi connectivity index (χ4n) is 3.24. The minimum atomic E-state index is -3.29. The van der Waals surface area contributed by atoms with Gasteiger partial charge in [0.2, 0.25) is 0 Å². The molecule has 0 saturated heterocycles. The molecular formula is C22H33N2O5P. The predicted octanol–water partition coefficient (Wildman–Crippen LogP) is 5.20. The zero-order valence-corrected chi connectivity index (χ0v) is 19.8. The third kappa shape index (κ3) is 6.54. The molecule has 0 spiro atoms. The van der Waals surface area contributed by atoms with Crippen molar-refractivity contribution < 1.29 is 23.5 Å². The molecule has 0 fully saturated rings. The Hall–Kier alpha value is -1.92. The molecule has 0 aliphatic rings. The molecule has 0 saturated carbocycles. The van der Waals surface area contributed by atoms with Gasteiger partial charge < -0.3 is 18.9 Å². The largest absolute Gasteiger partial charge is 0.504 e. The first kappa shape index (κ1) is 24.4. The van der Waals surface area contributed by atoms with E-state index >= 15 is 0 Å². The van der Waals surface area contributed by atoms with Crippen molar-refractivity contribution in [2.24, 2.45) is 0 Å². The number of phenolic OH excluding ortho intramolecular Hbond substituents is 1. The smallest absolute Gasteiger partial charge is 0.345 e. The average Bonchev–Trinajstić information content (AvgIpc) is 2.62. The lowest BCUT2D eigenvalue weighted by molar-refractivity contribution is 0.132. The van der Waals surface area contributed by atoms with Crippen LogP contribution in [-0.2, 0) is 20.2 Å². The van der Waals surface area contributed by atoms with Crippen LogP contribution in [0.3, 0.4) is 0 Å². The maximum Gasteiger partial charge on any atom is 0.345 e. The number of hydrogen-bond acceptors (Lipinski definition) is 7. The maximum atomic E-state index is 13.2. The number of phenols is 1. The molecule has 0 amide bonds. The molecule has 1 aromatic carbocycles. The molecule has 0 bridgehead atoms. The van der Waals surface area contributed by atoms with Gasteiger partial charge in [0, 0.05) is 18.3 Å². The van der Waals surface area contributed by atoms with E-state index in [9.17, 15) is 9.67 Å². The molecule has 0 atom stereocenters. The lowest BCUT2D eigenvalue weighted by atomic mass is 10.0. The molecule has 1 aromatic heterocycles. The van der Waals surface area contributed by atoms with Crippen molar-refractivity contribution in [1.82, 2.24) is 9.88 Å². The topological polar surface area (TPSA) is 81.1 Å². The van der Waals surface area contributed by atoms with Gasteiger partial charge in [-0.05, 0) is 71.0 Å². The van der Waals surface area contributed by atoms with Gasteiger partial charge in [-0.2, -0.15) is 0 Å². The van der Waals surface area contributed by atoms with Crippen molar-refractivity contribution in [1.29, 1.82) is 0 Å². The van der Waals surface area contributed by atoms with Crippen LogP contribution in [-0.4, -0.2) is 47.6 Å². The quantitative estimate of drug-likeness (QED) is 0.513. The van der Waals surface area contributed by atoms with Crippen LogP contribution in [0.1, 0.15) is 38.8 Å². The van der Waals surface area contributed by atoms with Gasteiger partial charge >= 0.3 is 7.60 Å². The number of pyridine rings is 1. The molecule has 0 aliphatic heterocycles. The van der Waals surface area contributed by atoms with Gasteiger partial charge in [-0.15, -0.1) is 0 Å². The number of nitrogens with zero attached hydrogens (tertiary/aromatic N) is 2. The molecule has 0 unspecified atom stereocenters. The molecule has 0 radical (unpaired) electrons. The first-order valence-corrected chi connectivity index (χ1v) is 11.7. The number of methoxy groups -OCH3 is 1. The minimum absolute atomic E-state index is 0.119. The van der Waals surface area contributed by atoms with Crippen LogP contribution in [0.15, 0.2) is 30.5 Å². The van der Waals surface area contributed by atoms with Crippen LogP contribution in [0.25, 0.3) is 11.3 Å². The van der Waals surface area contributed by atoms with Gasteiger partial charge in [0.1, 0.15) is 6.29 Å². The van der Waals surface area contributed by atoms with Gasteiger partial charge in [0.15, 0.2) is 11.5 Å². The van der Waals surface area contributed by atoms with Gasteiger partial charge in [0.25, 0.3) is 0 Å². The molecule has 1 heterocycles. The zero-order valence-electron chi connectivity index (χ0n) is 18.9. The summed E-state index contributed by atoms with van der Waals surface area (Å²) in [5, 5.41) is 10.1. The summed E-state index contributed by atoms with van der Waals surface area (Å²) in [5.74, 6) is 0.517. The number of aryl methyl sites for hydroxylation is 1. The van der Waals surface area contributed by atoms with Crippen molar-refractivity contribution in [3.63, 3.8) is 0 Å². The summed E-state index contributed by atoms with van der Waals surface area (Å²) in [6.45, 7) is 9.69. The van der Waals surface area contributed by atoms with Crippen LogP contribution in [0.4, 0.5) is 0 Å². The maximum absolute atomic E-state index is 13.2. The van der Waals surface area contributed by atoms with E-state index in [1.54, 1.807) is 12.3 Å². The predicted molar refractivity (Wildman–Crippen MR) is 119 cm³/mol. The highest BCUT2D eigenvalue weighted by molar-refractivity contribution is 7.53. The number of ether oxygens (including phenoxy) is 1. The number of rotatable bonds is 10. The molecule has 8 heteroatoms. The Morgan fingerprint density at radius 2 is 1.80 bits per heavy atom. The minimum Gasteiger partial charge on any atom is -0.504 e. The lowest BCUT2D eigenvalue weighted by Gasteiger charge is -2.27. The highest BCUT2D eigenvalue weighted by atomic mass is 31.2. The molecule has 7 nitrogen and oxygen atoms in total. The number of aromatic nitrogens is 1. The van der Waals surface area contributed by atoms with E-state index in [0.29, 0.717) is 17.9 Å². The van der Waals surface area contributed by atoms with E-state index in [4.69, 9.17) is 13.8 Å². The van der Waals surface area contributed by atoms with Crippen molar-refractivity contribution in [3.8, 4) is 22.8 Å². The van der Waals surface area contributed by atoms with Crippen LogP contribution >= 0.6 is 7.60 Å². The van der Waals surface area contributed by atoms with Crippen LogP contribution < -0.4 is 4.74 Å². The summed E-state index contributed by atoms with van der Waals surface area (Å²) < 4.78 is 29.8. The van der Waals surface area contributed by atoms with Crippen LogP contribution in [0, 0.1) is 6.92 Å². The Kier molecular flexibility index (Phi) is 8.44. The third-order valence-electron chi connectivity index (χ3n) is 4.25. The van der Waals surface area contributed by atoms with Gasteiger partial charge in [0.05, 0.1) is 25.0 Å². The van der Waals surface area contributed by atoms with E-state index in [1.807, 2.05) is 64.8 Å². The summed E-state index contributed by atoms with van der Waals surface area (Å²) in [5.41, 5.74) is 3.27. The van der Waals surface area contributed by atoms with Gasteiger partial charge in [-0.3, -0.25) is 14.4 Å². The summed E-state index contributed by atoms with van der Waals surface area (Å²) in [7, 11) is 0.108. The average molecular weight is 436 g/mol. The highest BCUT2D eigenvalue weighted by Gasteiger charge is 2.29. The summed E-state index contributed by atoms with van der Waals surface area (Å²) >= 11 is 0. The second-order valence-corrected chi connectivity index (χ2v) is 9.86. The van der Waals surface area contributed by atoms with E-state index < -0.39 is 7.60 Å². The SMILES string of the molecule is COc1cc(-c2ncccc2CN(C)CP(=O)(OC(C)C)OC(C)C)cc(C)c1O. The summed E-state index contributed by atoms with van der Waals surface area (Å²) in [6, 6.07) is 7.48. The summed E-state index contributed by atoms with van der Waals surface area (Å²) in [6.07, 6.45) is 1.48. The zero-order chi connectivity index (χ0) is 22.5. The Morgan fingerprint density at radius 3 is 2.37 bits per heavy atom. The number of aromatic hydroxyl groups is 1. The first-order chi connectivity index (χ1) is 14.0. The van der Waals surface area contributed by atoms with E-state index in [-0.39, 0.29) is 24.2 Å². The van der Waals surface area contributed by atoms with Crippen molar-refractivity contribution in [3.05, 3.63) is 41.6 Å². The van der Waals surface area contributed by atoms with E-state index in [1.165, 1.54) is 7.11 Å².